The van der Waals surface area contributed by atoms with Crippen LogP contribution < -0.4 is 4.83 Å². The number of sulfonamides is 1. The van der Waals surface area contributed by atoms with Gasteiger partial charge in [-0.25, -0.2) is 13.2 Å². The van der Waals surface area contributed by atoms with Crippen molar-refractivity contribution in [3.05, 3.63) is 35.9 Å². The molecular formula is C11H16N2O2S. The molecule has 0 aliphatic carbocycles. The van der Waals surface area contributed by atoms with Crippen molar-refractivity contribution >= 4 is 15.7 Å². The van der Waals surface area contributed by atoms with Gasteiger partial charge < -0.3 is 0 Å². The average Bonchev–Trinajstić information content (AvgIpc) is 2.27. The molecule has 0 aromatic heterocycles. The fraction of sp³-hybridized carbons (Fsp3) is 0.364. The summed E-state index contributed by atoms with van der Waals surface area (Å²) >= 11 is 0. The van der Waals surface area contributed by atoms with E-state index in [9.17, 15) is 8.42 Å². The Hall–Kier alpha value is -1.36. The van der Waals surface area contributed by atoms with Gasteiger partial charge >= 0.3 is 0 Å². The minimum absolute atomic E-state index is 0.0958. The highest BCUT2D eigenvalue weighted by atomic mass is 32.2. The van der Waals surface area contributed by atoms with Crippen molar-refractivity contribution in [3.8, 4) is 0 Å². The van der Waals surface area contributed by atoms with E-state index in [1.54, 1.807) is 6.92 Å². The number of benzene rings is 1. The molecule has 0 saturated carbocycles. The molecule has 1 aromatic rings. The number of rotatable bonds is 5. The third-order valence-corrected chi connectivity index (χ3v) is 3.33. The zero-order valence-electron chi connectivity index (χ0n) is 9.47. The third kappa shape index (κ3) is 4.02. The summed E-state index contributed by atoms with van der Waals surface area (Å²) in [5.41, 5.74) is 1.56. The summed E-state index contributed by atoms with van der Waals surface area (Å²) in [6.07, 6.45) is 0.579. The van der Waals surface area contributed by atoms with Gasteiger partial charge in [0.2, 0.25) is 10.0 Å². The van der Waals surface area contributed by atoms with Crippen LogP contribution in [-0.4, -0.2) is 19.9 Å². The standard InChI is InChI=1S/C11H16N2O2S/c1-3-9-16(14,15)13-12-10(2)11-7-5-4-6-8-11/h4-8,13H,3,9H2,1-2H3. The molecule has 0 aliphatic rings. The normalized spacial score (nSPS) is 12.5. The summed E-state index contributed by atoms with van der Waals surface area (Å²) in [6.45, 7) is 3.58. The van der Waals surface area contributed by atoms with E-state index in [-0.39, 0.29) is 5.75 Å². The van der Waals surface area contributed by atoms with Crippen LogP contribution in [0.2, 0.25) is 0 Å². The molecule has 0 bridgehead atoms. The van der Waals surface area contributed by atoms with Gasteiger partial charge in [-0.2, -0.15) is 5.10 Å². The summed E-state index contributed by atoms with van der Waals surface area (Å²) in [6, 6.07) is 9.43. The first-order valence-electron chi connectivity index (χ1n) is 5.14. The summed E-state index contributed by atoms with van der Waals surface area (Å²) in [7, 11) is -3.27. The van der Waals surface area contributed by atoms with E-state index in [0.29, 0.717) is 12.1 Å². The molecule has 16 heavy (non-hydrogen) atoms. The zero-order valence-corrected chi connectivity index (χ0v) is 10.3. The molecule has 0 aliphatic heterocycles. The quantitative estimate of drug-likeness (QED) is 0.629. The lowest BCUT2D eigenvalue weighted by atomic mass is 10.1. The lowest BCUT2D eigenvalue weighted by molar-refractivity contribution is 0.583. The summed E-state index contributed by atoms with van der Waals surface area (Å²) in [4.78, 5) is 2.22. The van der Waals surface area contributed by atoms with Crippen molar-refractivity contribution in [2.24, 2.45) is 5.10 Å². The van der Waals surface area contributed by atoms with Crippen LogP contribution in [0.1, 0.15) is 25.8 Å². The molecular weight excluding hydrogens is 224 g/mol. The maximum atomic E-state index is 11.3. The van der Waals surface area contributed by atoms with E-state index in [4.69, 9.17) is 0 Å². The molecule has 0 saturated heterocycles. The van der Waals surface area contributed by atoms with E-state index >= 15 is 0 Å². The van der Waals surface area contributed by atoms with Crippen molar-refractivity contribution in [1.29, 1.82) is 0 Å². The fourth-order valence-electron chi connectivity index (χ4n) is 1.20. The average molecular weight is 240 g/mol. The van der Waals surface area contributed by atoms with Crippen molar-refractivity contribution in [1.82, 2.24) is 4.83 Å². The number of hydrazone groups is 1. The first kappa shape index (κ1) is 12.7. The molecule has 1 rings (SSSR count). The number of nitrogens with zero attached hydrogens (tertiary/aromatic N) is 1. The third-order valence-electron chi connectivity index (χ3n) is 2.02. The van der Waals surface area contributed by atoms with Gasteiger partial charge in [0.05, 0.1) is 11.5 Å². The highest BCUT2D eigenvalue weighted by Crippen LogP contribution is 2.00. The molecule has 0 spiro atoms. The molecule has 0 amide bonds. The summed E-state index contributed by atoms with van der Waals surface area (Å²) in [5, 5.41) is 3.86. The molecule has 0 unspecified atom stereocenters. The van der Waals surface area contributed by atoms with E-state index in [1.165, 1.54) is 0 Å². The maximum Gasteiger partial charge on any atom is 0.247 e. The van der Waals surface area contributed by atoms with Gasteiger partial charge in [0.15, 0.2) is 0 Å². The van der Waals surface area contributed by atoms with Crippen LogP contribution in [0.3, 0.4) is 0 Å². The Morgan fingerprint density at radius 1 is 1.31 bits per heavy atom. The molecule has 1 N–H and O–H groups in total. The van der Waals surface area contributed by atoms with Crippen LogP contribution in [0.5, 0.6) is 0 Å². The number of hydrogen-bond donors (Lipinski definition) is 1. The van der Waals surface area contributed by atoms with Gasteiger partial charge in [-0.05, 0) is 18.9 Å². The highest BCUT2D eigenvalue weighted by Gasteiger charge is 2.06. The second kappa shape index (κ2) is 5.65. The van der Waals surface area contributed by atoms with Gasteiger partial charge in [0.1, 0.15) is 0 Å². The molecule has 0 fully saturated rings. The molecule has 0 atom stereocenters. The van der Waals surface area contributed by atoms with Crippen LogP contribution in [0.4, 0.5) is 0 Å². The van der Waals surface area contributed by atoms with Crippen molar-refractivity contribution in [3.63, 3.8) is 0 Å². The Morgan fingerprint density at radius 2 is 1.94 bits per heavy atom. The smallest absolute Gasteiger partial charge is 0.205 e. The second-order valence-corrected chi connectivity index (χ2v) is 5.29. The van der Waals surface area contributed by atoms with Gasteiger partial charge in [0.25, 0.3) is 0 Å². The lowest BCUT2D eigenvalue weighted by Crippen LogP contribution is -2.22. The van der Waals surface area contributed by atoms with E-state index in [1.807, 2.05) is 37.3 Å². The number of hydrogen-bond acceptors (Lipinski definition) is 3. The van der Waals surface area contributed by atoms with Crippen LogP contribution in [0, 0.1) is 0 Å². The maximum absolute atomic E-state index is 11.3. The van der Waals surface area contributed by atoms with Gasteiger partial charge in [0, 0.05) is 0 Å². The summed E-state index contributed by atoms with van der Waals surface area (Å²) < 4.78 is 22.7. The van der Waals surface area contributed by atoms with Crippen molar-refractivity contribution in [2.75, 3.05) is 5.75 Å². The SMILES string of the molecule is CCCS(=O)(=O)NN=C(C)c1ccccc1. The van der Waals surface area contributed by atoms with Crippen molar-refractivity contribution in [2.45, 2.75) is 20.3 Å². The zero-order chi connectivity index (χ0) is 12.0. The highest BCUT2D eigenvalue weighted by molar-refractivity contribution is 7.89. The minimum atomic E-state index is -3.27. The van der Waals surface area contributed by atoms with Crippen LogP contribution in [0.25, 0.3) is 0 Å². The van der Waals surface area contributed by atoms with E-state index < -0.39 is 10.0 Å². The van der Waals surface area contributed by atoms with Crippen LogP contribution in [0.15, 0.2) is 35.4 Å². The Morgan fingerprint density at radius 3 is 2.50 bits per heavy atom. The van der Waals surface area contributed by atoms with Gasteiger partial charge in [-0.1, -0.05) is 37.3 Å². The minimum Gasteiger partial charge on any atom is -0.205 e. The molecule has 1 aromatic carbocycles. The van der Waals surface area contributed by atoms with E-state index in [0.717, 1.165) is 5.56 Å². The molecule has 0 radical (unpaired) electrons. The Bertz CT molecular complexity index is 452. The lowest BCUT2D eigenvalue weighted by Gasteiger charge is -2.03. The predicted molar refractivity (Wildman–Crippen MR) is 65.9 cm³/mol. The number of nitrogens with one attached hydrogen (secondary N) is 1. The van der Waals surface area contributed by atoms with Crippen LogP contribution >= 0.6 is 0 Å². The Balaban J connectivity index is 2.73. The molecule has 0 heterocycles. The van der Waals surface area contributed by atoms with Crippen molar-refractivity contribution < 1.29 is 8.42 Å². The predicted octanol–water partition coefficient (Wildman–Crippen LogP) is 1.74. The van der Waals surface area contributed by atoms with Crippen LogP contribution in [-0.2, 0) is 10.0 Å². The molecule has 4 nitrogen and oxygen atoms in total. The molecule has 88 valence electrons. The Kier molecular flexibility index (Phi) is 4.49. The molecule has 5 heteroatoms. The van der Waals surface area contributed by atoms with Gasteiger partial charge in [-0.15, -0.1) is 0 Å². The largest absolute Gasteiger partial charge is 0.247 e. The Labute approximate surface area is 96.4 Å². The van der Waals surface area contributed by atoms with Gasteiger partial charge in [-0.3, -0.25) is 0 Å². The summed E-state index contributed by atoms with van der Waals surface area (Å²) in [5.74, 6) is 0.0958. The first-order valence-corrected chi connectivity index (χ1v) is 6.79. The monoisotopic (exact) mass is 240 g/mol. The first-order chi connectivity index (χ1) is 7.55. The second-order valence-electron chi connectivity index (χ2n) is 3.47. The van der Waals surface area contributed by atoms with E-state index in [2.05, 4.69) is 9.93 Å². The topological polar surface area (TPSA) is 58.5 Å². The fourth-order valence-corrected chi connectivity index (χ4v) is 2.10.